The molecule has 0 saturated heterocycles. The summed E-state index contributed by atoms with van der Waals surface area (Å²) in [7, 11) is 1.44. The summed E-state index contributed by atoms with van der Waals surface area (Å²) in [4.78, 5) is 24.8. The fraction of sp³-hybridized carbons (Fsp3) is 0.556. The zero-order valence-corrected chi connectivity index (χ0v) is 15.0. The monoisotopic (exact) mass is 337 g/mol. The molecule has 0 aliphatic heterocycles. The van der Waals surface area contributed by atoms with Crippen LogP contribution in [-0.4, -0.2) is 47.4 Å². The Hall–Kier alpha value is -2.08. The molecule has 1 rings (SSSR count). The maximum Gasteiger partial charge on any atom is 0.410 e. The van der Waals surface area contributed by atoms with Gasteiger partial charge in [-0.1, -0.05) is 24.3 Å². The molecule has 6 heteroatoms. The van der Waals surface area contributed by atoms with Crippen molar-refractivity contribution >= 4 is 12.1 Å². The van der Waals surface area contributed by atoms with Gasteiger partial charge < -0.3 is 14.6 Å². The predicted octanol–water partition coefficient (Wildman–Crippen LogP) is 3.09. The summed E-state index contributed by atoms with van der Waals surface area (Å²) < 4.78 is 10.6. The van der Waals surface area contributed by atoms with Crippen molar-refractivity contribution in [1.82, 2.24) is 4.90 Å². The smallest absolute Gasteiger partial charge is 0.410 e. The third-order valence-electron chi connectivity index (χ3n) is 3.33. The molecule has 1 aromatic rings. The summed E-state index contributed by atoms with van der Waals surface area (Å²) in [5.41, 5.74) is 1.12. The van der Waals surface area contributed by atoms with E-state index in [4.69, 9.17) is 9.47 Å². The largest absolute Gasteiger partial charge is 0.480 e. The fourth-order valence-electron chi connectivity index (χ4n) is 2.14. The van der Waals surface area contributed by atoms with E-state index in [0.29, 0.717) is 13.2 Å². The van der Waals surface area contributed by atoms with E-state index in [1.54, 1.807) is 20.8 Å². The van der Waals surface area contributed by atoms with Gasteiger partial charge in [0.15, 0.2) is 0 Å². The highest BCUT2D eigenvalue weighted by Gasteiger charge is 2.30. The van der Waals surface area contributed by atoms with E-state index < -0.39 is 23.7 Å². The van der Waals surface area contributed by atoms with Gasteiger partial charge in [-0.15, -0.1) is 0 Å². The Morgan fingerprint density at radius 1 is 1.25 bits per heavy atom. The molecule has 0 radical (unpaired) electrons. The van der Waals surface area contributed by atoms with Crippen molar-refractivity contribution < 1.29 is 24.2 Å². The number of carbonyl (C=O) groups excluding carboxylic acids is 1. The van der Waals surface area contributed by atoms with Gasteiger partial charge in [0.2, 0.25) is 0 Å². The molecule has 0 bridgehead atoms. The SMILES string of the molecule is CCOCc1cccc(C[C@H](C(=O)O)N(C)C(=O)OC(C)(C)C)c1. The van der Waals surface area contributed by atoms with Crippen LogP contribution in [0.2, 0.25) is 0 Å². The number of rotatable bonds is 7. The molecule has 0 heterocycles. The second kappa shape index (κ2) is 8.68. The van der Waals surface area contributed by atoms with Gasteiger partial charge in [-0.25, -0.2) is 9.59 Å². The average molecular weight is 337 g/mol. The van der Waals surface area contributed by atoms with Crippen molar-refractivity contribution in [2.75, 3.05) is 13.7 Å². The molecular weight excluding hydrogens is 310 g/mol. The van der Waals surface area contributed by atoms with Crippen molar-refractivity contribution in [3.05, 3.63) is 35.4 Å². The number of carboxylic acid groups (broad SMARTS) is 1. The Balaban J connectivity index is 2.86. The van der Waals surface area contributed by atoms with Gasteiger partial charge in [-0.3, -0.25) is 4.90 Å². The molecule has 1 amide bonds. The zero-order valence-electron chi connectivity index (χ0n) is 15.0. The first-order valence-corrected chi connectivity index (χ1v) is 7.98. The molecule has 24 heavy (non-hydrogen) atoms. The van der Waals surface area contributed by atoms with Crippen LogP contribution in [0, 0.1) is 0 Å². The van der Waals surface area contributed by atoms with E-state index in [1.165, 1.54) is 7.05 Å². The second-order valence-corrected chi connectivity index (χ2v) is 6.61. The number of benzene rings is 1. The van der Waals surface area contributed by atoms with Crippen molar-refractivity contribution in [1.29, 1.82) is 0 Å². The number of carboxylic acids is 1. The average Bonchev–Trinajstić information content (AvgIpc) is 2.48. The third kappa shape index (κ3) is 6.58. The van der Waals surface area contributed by atoms with Crippen molar-refractivity contribution in [3.63, 3.8) is 0 Å². The molecule has 0 saturated carbocycles. The Kier molecular flexibility index (Phi) is 7.22. The number of aliphatic carboxylic acids is 1. The summed E-state index contributed by atoms with van der Waals surface area (Å²) in [6.45, 7) is 8.23. The van der Waals surface area contributed by atoms with Gasteiger partial charge in [-0.2, -0.15) is 0 Å². The molecule has 134 valence electrons. The third-order valence-corrected chi connectivity index (χ3v) is 3.33. The lowest BCUT2D eigenvalue weighted by Gasteiger charge is -2.28. The molecule has 1 N–H and O–H groups in total. The van der Waals surface area contributed by atoms with E-state index in [-0.39, 0.29) is 6.42 Å². The minimum atomic E-state index is -1.07. The quantitative estimate of drug-likeness (QED) is 0.827. The molecule has 0 unspecified atom stereocenters. The zero-order chi connectivity index (χ0) is 18.3. The standard InChI is InChI=1S/C18H27NO5/c1-6-23-12-14-9-7-8-13(10-14)11-15(16(20)21)19(5)17(22)24-18(2,3)4/h7-10,15H,6,11-12H2,1-5H3,(H,20,21)/t15-/m1/s1. The van der Waals surface area contributed by atoms with Crippen LogP contribution in [0.15, 0.2) is 24.3 Å². The normalized spacial score (nSPS) is 12.5. The maximum atomic E-state index is 12.1. The molecule has 0 aromatic heterocycles. The molecule has 0 spiro atoms. The highest BCUT2D eigenvalue weighted by molar-refractivity contribution is 5.80. The van der Waals surface area contributed by atoms with Gasteiger partial charge in [0.25, 0.3) is 0 Å². The highest BCUT2D eigenvalue weighted by Crippen LogP contribution is 2.15. The summed E-state index contributed by atoms with van der Waals surface area (Å²) in [6.07, 6.45) is -0.453. The van der Waals surface area contributed by atoms with Crippen molar-refractivity contribution in [2.24, 2.45) is 0 Å². The fourth-order valence-corrected chi connectivity index (χ4v) is 2.14. The Morgan fingerprint density at radius 3 is 2.42 bits per heavy atom. The maximum absolute atomic E-state index is 12.1. The van der Waals surface area contributed by atoms with Gasteiger partial charge in [0, 0.05) is 20.1 Å². The first-order valence-electron chi connectivity index (χ1n) is 7.98. The van der Waals surface area contributed by atoms with Crippen LogP contribution >= 0.6 is 0 Å². The predicted molar refractivity (Wildman–Crippen MR) is 90.9 cm³/mol. The van der Waals surface area contributed by atoms with Crippen LogP contribution in [0.4, 0.5) is 4.79 Å². The second-order valence-electron chi connectivity index (χ2n) is 6.61. The molecule has 1 atom stereocenters. The van der Waals surface area contributed by atoms with Crippen LogP contribution in [0.1, 0.15) is 38.8 Å². The number of ether oxygens (including phenoxy) is 2. The topological polar surface area (TPSA) is 76.1 Å². The molecule has 0 aliphatic rings. The lowest BCUT2D eigenvalue weighted by atomic mass is 10.0. The van der Waals surface area contributed by atoms with Crippen LogP contribution in [0.25, 0.3) is 0 Å². The van der Waals surface area contributed by atoms with Gasteiger partial charge in [-0.05, 0) is 38.8 Å². The van der Waals surface area contributed by atoms with E-state index in [1.807, 2.05) is 31.2 Å². The van der Waals surface area contributed by atoms with Crippen molar-refractivity contribution in [2.45, 2.75) is 52.4 Å². The number of likely N-dealkylation sites (N-methyl/N-ethyl adjacent to an activating group) is 1. The first kappa shape index (κ1) is 20.0. The molecular formula is C18H27NO5. The van der Waals surface area contributed by atoms with Gasteiger partial charge >= 0.3 is 12.1 Å². The Labute approximate surface area is 143 Å². The van der Waals surface area contributed by atoms with E-state index in [0.717, 1.165) is 16.0 Å². The van der Waals surface area contributed by atoms with E-state index in [9.17, 15) is 14.7 Å². The number of nitrogens with zero attached hydrogens (tertiary/aromatic N) is 1. The van der Waals surface area contributed by atoms with Gasteiger partial charge in [0.05, 0.1) is 6.61 Å². The minimum absolute atomic E-state index is 0.199. The summed E-state index contributed by atoms with van der Waals surface area (Å²) >= 11 is 0. The summed E-state index contributed by atoms with van der Waals surface area (Å²) in [5.74, 6) is -1.07. The van der Waals surface area contributed by atoms with Crippen LogP contribution in [-0.2, 0) is 27.3 Å². The van der Waals surface area contributed by atoms with Crippen LogP contribution in [0.5, 0.6) is 0 Å². The minimum Gasteiger partial charge on any atom is -0.480 e. The molecule has 6 nitrogen and oxygen atoms in total. The lowest BCUT2D eigenvalue weighted by molar-refractivity contribution is -0.142. The summed E-state index contributed by atoms with van der Waals surface area (Å²) in [6, 6.07) is 6.52. The molecule has 0 fully saturated rings. The molecule has 0 aliphatic carbocycles. The molecule has 1 aromatic carbocycles. The van der Waals surface area contributed by atoms with E-state index >= 15 is 0 Å². The Bertz CT molecular complexity index is 565. The van der Waals surface area contributed by atoms with Crippen molar-refractivity contribution in [3.8, 4) is 0 Å². The number of hydrogen-bond donors (Lipinski definition) is 1. The highest BCUT2D eigenvalue weighted by atomic mass is 16.6. The van der Waals surface area contributed by atoms with Crippen LogP contribution in [0.3, 0.4) is 0 Å². The number of amides is 1. The van der Waals surface area contributed by atoms with E-state index in [2.05, 4.69) is 0 Å². The Morgan fingerprint density at radius 2 is 1.88 bits per heavy atom. The number of hydrogen-bond acceptors (Lipinski definition) is 4. The summed E-state index contributed by atoms with van der Waals surface area (Å²) in [5, 5.41) is 9.49. The first-order chi connectivity index (χ1) is 11.1. The van der Waals surface area contributed by atoms with Gasteiger partial charge in [0.1, 0.15) is 11.6 Å². The number of carbonyl (C=O) groups is 2. The lowest BCUT2D eigenvalue weighted by Crippen LogP contribution is -2.46. The van der Waals surface area contributed by atoms with Crippen LogP contribution < -0.4 is 0 Å².